The van der Waals surface area contributed by atoms with Crippen LogP contribution in [0.2, 0.25) is 0 Å². The van der Waals surface area contributed by atoms with Gasteiger partial charge in [-0.05, 0) is 6.42 Å². The molecule has 0 aromatic heterocycles. The van der Waals surface area contributed by atoms with Gasteiger partial charge in [0.05, 0.1) is 7.11 Å². The first-order valence-corrected chi connectivity index (χ1v) is 4.29. The summed E-state index contributed by atoms with van der Waals surface area (Å²) in [7, 11) is 1.23. The molecule has 0 saturated heterocycles. The first kappa shape index (κ1) is 9.45. The molecule has 0 bridgehead atoms. The molecule has 0 atom stereocenters. The number of hydrogen-bond donors (Lipinski definition) is 0. The molecule has 4 heteroatoms. The normalized spacial score (nSPS) is 17.4. The van der Waals surface area contributed by atoms with Crippen molar-refractivity contribution in [2.45, 2.75) is 12.8 Å². The molecule has 12 heavy (non-hydrogen) atoms. The van der Waals surface area contributed by atoms with E-state index >= 15 is 0 Å². The number of carbonyl (C=O) groups excluding carboxylic acids is 1. The number of esters is 1. The highest BCUT2D eigenvalue weighted by Crippen LogP contribution is 2.30. The van der Waals surface area contributed by atoms with Crippen LogP contribution in [-0.2, 0) is 9.53 Å². The van der Waals surface area contributed by atoms with Crippen LogP contribution in [0.25, 0.3) is 0 Å². The Balaban J connectivity index is 2.98. The summed E-state index contributed by atoms with van der Waals surface area (Å²) < 4.78 is 18.0. The average molecular weight is 235 g/mol. The lowest BCUT2D eigenvalue weighted by molar-refractivity contribution is -0.135. The Morgan fingerprint density at radius 1 is 1.75 bits per heavy atom. The molecule has 66 valence electrons. The van der Waals surface area contributed by atoms with Crippen molar-refractivity contribution in [1.82, 2.24) is 0 Å². The van der Waals surface area contributed by atoms with Crippen molar-refractivity contribution in [3.63, 3.8) is 0 Å². The van der Waals surface area contributed by atoms with E-state index in [1.807, 2.05) is 0 Å². The van der Waals surface area contributed by atoms with Crippen LogP contribution in [0.3, 0.4) is 0 Å². The topological polar surface area (TPSA) is 26.3 Å². The molecule has 0 radical (unpaired) electrons. The average Bonchev–Trinajstić information content (AvgIpc) is 2.03. The van der Waals surface area contributed by atoms with Gasteiger partial charge in [-0.25, -0.2) is 9.18 Å². The van der Waals surface area contributed by atoms with Gasteiger partial charge in [0, 0.05) is 10.9 Å². The fourth-order valence-corrected chi connectivity index (χ4v) is 1.60. The van der Waals surface area contributed by atoms with E-state index in [0.29, 0.717) is 10.9 Å². The van der Waals surface area contributed by atoms with Crippen LogP contribution in [0.5, 0.6) is 0 Å². The molecule has 0 heterocycles. The van der Waals surface area contributed by atoms with Gasteiger partial charge in [-0.1, -0.05) is 22.0 Å². The maximum Gasteiger partial charge on any atom is 0.341 e. The van der Waals surface area contributed by atoms with Crippen LogP contribution in [0.4, 0.5) is 4.39 Å². The van der Waals surface area contributed by atoms with Crippen molar-refractivity contribution in [3.05, 3.63) is 22.0 Å². The fourth-order valence-electron chi connectivity index (χ4n) is 0.993. The maximum absolute atomic E-state index is 13.0. The van der Waals surface area contributed by atoms with E-state index < -0.39 is 11.8 Å². The highest BCUT2D eigenvalue weighted by molar-refractivity contribution is 9.12. The Hall–Kier alpha value is -0.640. The molecule has 0 fully saturated rings. The van der Waals surface area contributed by atoms with E-state index in [-0.39, 0.29) is 12.0 Å². The van der Waals surface area contributed by atoms with Crippen LogP contribution < -0.4 is 0 Å². The largest absolute Gasteiger partial charge is 0.465 e. The molecule has 0 saturated carbocycles. The number of rotatable bonds is 1. The molecular formula is C8H8BrFO2. The Labute approximate surface area is 78.2 Å². The molecular weight excluding hydrogens is 227 g/mol. The predicted octanol–water partition coefficient (Wildman–Crippen LogP) is 2.46. The molecule has 0 spiro atoms. The Kier molecular flexibility index (Phi) is 3.03. The van der Waals surface area contributed by atoms with Crippen LogP contribution >= 0.6 is 15.9 Å². The summed E-state index contributed by atoms with van der Waals surface area (Å²) in [4.78, 5) is 11.0. The lowest BCUT2D eigenvalue weighted by Crippen LogP contribution is -2.09. The van der Waals surface area contributed by atoms with E-state index in [9.17, 15) is 9.18 Å². The van der Waals surface area contributed by atoms with E-state index in [4.69, 9.17) is 0 Å². The summed E-state index contributed by atoms with van der Waals surface area (Å²) in [6.07, 6.45) is 2.65. The first-order chi connectivity index (χ1) is 5.66. The Morgan fingerprint density at radius 3 is 2.92 bits per heavy atom. The lowest BCUT2D eigenvalue weighted by Gasteiger charge is -2.10. The minimum Gasteiger partial charge on any atom is -0.465 e. The molecule has 1 rings (SSSR count). The zero-order valence-corrected chi connectivity index (χ0v) is 8.15. The van der Waals surface area contributed by atoms with Gasteiger partial charge >= 0.3 is 5.97 Å². The van der Waals surface area contributed by atoms with Crippen molar-refractivity contribution < 1.29 is 13.9 Å². The molecule has 0 N–H and O–H groups in total. The molecule has 2 nitrogen and oxygen atoms in total. The predicted molar refractivity (Wildman–Crippen MR) is 46.4 cm³/mol. The fraction of sp³-hybridized carbons (Fsp3) is 0.375. The Morgan fingerprint density at radius 2 is 2.42 bits per heavy atom. The van der Waals surface area contributed by atoms with E-state index in [1.165, 1.54) is 7.11 Å². The number of allylic oxidation sites excluding steroid dienone is 2. The minimum atomic E-state index is -0.629. The van der Waals surface area contributed by atoms with Gasteiger partial charge in [0.15, 0.2) is 0 Å². The third-order valence-corrected chi connectivity index (χ3v) is 2.31. The molecule has 1 aliphatic rings. The molecule has 1 aliphatic carbocycles. The third-order valence-electron chi connectivity index (χ3n) is 1.59. The smallest absolute Gasteiger partial charge is 0.341 e. The van der Waals surface area contributed by atoms with Gasteiger partial charge in [-0.3, -0.25) is 0 Å². The van der Waals surface area contributed by atoms with E-state index in [1.54, 1.807) is 6.08 Å². The second-order valence-corrected chi connectivity index (χ2v) is 3.22. The summed E-state index contributed by atoms with van der Waals surface area (Å²) in [6.45, 7) is 0. The number of hydrogen-bond acceptors (Lipinski definition) is 2. The second kappa shape index (κ2) is 3.85. The molecule has 0 aromatic rings. The van der Waals surface area contributed by atoms with Crippen molar-refractivity contribution in [2.75, 3.05) is 7.11 Å². The first-order valence-electron chi connectivity index (χ1n) is 3.49. The van der Waals surface area contributed by atoms with Gasteiger partial charge in [0.1, 0.15) is 11.4 Å². The SMILES string of the molecule is COC(=O)C1=C(F)CCC=C1Br. The van der Waals surface area contributed by atoms with E-state index in [2.05, 4.69) is 20.7 Å². The van der Waals surface area contributed by atoms with Gasteiger partial charge in [-0.2, -0.15) is 0 Å². The maximum atomic E-state index is 13.0. The number of carbonyl (C=O) groups is 1. The van der Waals surface area contributed by atoms with E-state index in [0.717, 1.165) is 0 Å². The van der Waals surface area contributed by atoms with Crippen LogP contribution in [0, 0.1) is 0 Å². The zero-order chi connectivity index (χ0) is 9.14. The van der Waals surface area contributed by atoms with Crippen LogP contribution in [0.15, 0.2) is 22.0 Å². The van der Waals surface area contributed by atoms with Gasteiger partial charge < -0.3 is 4.74 Å². The summed E-state index contributed by atoms with van der Waals surface area (Å²) in [6, 6.07) is 0. The summed E-state index contributed by atoms with van der Waals surface area (Å²) in [5, 5.41) is 0. The summed E-state index contributed by atoms with van der Waals surface area (Å²) >= 11 is 3.10. The Bertz CT molecular complexity index is 268. The third kappa shape index (κ3) is 1.75. The highest BCUT2D eigenvalue weighted by atomic mass is 79.9. The summed E-state index contributed by atoms with van der Waals surface area (Å²) in [5.41, 5.74) is 0.0174. The minimum absolute atomic E-state index is 0.0174. The number of ether oxygens (including phenoxy) is 1. The van der Waals surface area contributed by atoms with Crippen LogP contribution in [0.1, 0.15) is 12.8 Å². The van der Waals surface area contributed by atoms with Gasteiger partial charge in [0.2, 0.25) is 0 Å². The van der Waals surface area contributed by atoms with Crippen molar-refractivity contribution in [3.8, 4) is 0 Å². The number of methoxy groups -OCH3 is 1. The van der Waals surface area contributed by atoms with Gasteiger partial charge in [-0.15, -0.1) is 0 Å². The second-order valence-electron chi connectivity index (χ2n) is 2.36. The molecule has 0 aliphatic heterocycles. The van der Waals surface area contributed by atoms with Gasteiger partial charge in [0.25, 0.3) is 0 Å². The molecule has 0 amide bonds. The summed E-state index contributed by atoms with van der Waals surface area (Å²) in [5.74, 6) is -1.04. The monoisotopic (exact) mass is 234 g/mol. The standard InChI is InChI=1S/C8H8BrFO2/c1-12-8(11)7-5(9)3-2-4-6(7)10/h3H,2,4H2,1H3. The molecule has 0 aromatic carbocycles. The van der Waals surface area contributed by atoms with Crippen molar-refractivity contribution in [2.24, 2.45) is 0 Å². The molecule has 0 unspecified atom stereocenters. The van der Waals surface area contributed by atoms with Crippen molar-refractivity contribution in [1.29, 1.82) is 0 Å². The van der Waals surface area contributed by atoms with Crippen molar-refractivity contribution >= 4 is 21.9 Å². The highest BCUT2D eigenvalue weighted by Gasteiger charge is 2.21. The van der Waals surface area contributed by atoms with Crippen LogP contribution in [-0.4, -0.2) is 13.1 Å². The quantitative estimate of drug-likeness (QED) is 0.652. The lowest BCUT2D eigenvalue weighted by atomic mass is 10.1. The number of halogens is 2. The zero-order valence-electron chi connectivity index (χ0n) is 6.56.